The lowest BCUT2D eigenvalue weighted by molar-refractivity contribution is 0.220. The van der Waals surface area contributed by atoms with Gasteiger partial charge in [0.05, 0.1) is 4.90 Å². The highest BCUT2D eigenvalue weighted by atomic mass is 35.5. The topological polar surface area (TPSA) is 63.4 Å². The molecule has 2 atom stereocenters. The van der Waals surface area contributed by atoms with Gasteiger partial charge in [0.2, 0.25) is 10.0 Å². The second kappa shape index (κ2) is 6.24. The quantitative estimate of drug-likeness (QED) is 0.926. The Hall–Kier alpha value is -0.620. The number of piperidine rings is 1. The highest BCUT2D eigenvalue weighted by molar-refractivity contribution is 7.89. The number of sulfonamides is 1. The van der Waals surface area contributed by atoms with Crippen LogP contribution in [0.2, 0.25) is 5.02 Å². The van der Waals surface area contributed by atoms with Crippen molar-refractivity contribution in [2.45, 2.75) is 51.1 Å². The first-order chi connectivity index (χ1) is 9.77. The van der Waals surface area contributed by atoms with Crippen LogP contribution in [0.3, 0.4) is 0 Å². The molecule has 1 aliphatic rings. The molecule has 0 amide bonds. The van der Waals surface area contributed by atoms with Crippen molar-refractivity contribution >= 4 is 21.6 Å². The third-order valence-electron chi connectivity index (χ3n) is 4.32. The van der Waals surface area contributed by atoms with E-state index in [4.69, 9.17) is 17.3 Å². The van der Waals surface area contributed by atoms with Crippen LogP contribution in [0.1, 0.15) is 37.8 Å². The number of nitrogens with two attached hydrogens (primary N) is 1. The molecule has 1 fully saturated rings. The summed E-state index contributed by atoms with van der Waals surface area (Å²) in [5, 5.41) is 0.414. The van der Waals surface area contributed by atoms with Crippen LogP contribution in [-0.2, 0) is 16.6 Å². The summed E-state index contributed by atoms with van der Waals surface area (Å²) in [4.78, 5) is 0.289. The van der Waals surface area contributed by atoms with Crippen LogP contribution in [0.4, 0.5) is 0 Å². The zero-order valence-electron chi connectivity index (χ0n) is 12.8. The largest absolute Gasteiger partial charge is 0.326 e. The van der Waals surface area contributed by atoms with Crippen molar-refractivity contribution in [2.24, 2.45) is 11.7 Å². The van der Waals surface area contributed by atoms with E-state index in [1.807, 2.05) is 6.92 Å². The van der Waals surface area contributed by atoms with Gasteiger partial charge >= 0.3 is 0 Å². The van der Waals surface area contributed by atoms with E-state index >= 15 is 0 Å². The highest BCUT2D eigenvalue weighted by Crippen LogP contribution is 2.32. The normalized spacial score (nSPS) is 24.2. The number of hydrogen-bond acceptors (Lipinski definition) is 3. The Bertz CT molecular complexity index is 631. The molecule has 4 nitrogen and oxygen atoms in total. The molecule has 118 valence electrons. The molecule has 0 saturated carbocycles. The predicted molar refractivity (Wildman–Crippen MR) is 85.8 cm³/mol. The molecule has 21 heavy (non-hydrogen) atoms. The van der Waals surface area contributed by atoms with Gasteiger partial charge < -0.3 is 5.73 Å². The average molecular weight is 331 g/mol. The molecular weight excluding hydrogens is 308 g/mol. The van der Waals surface area contributed by atoms with E-state index in [1.54, 1.807) is 17.3 Å². The fourth-order valence-corrected chi connectivity index (χ4v) is 5.31. The Balaban J connectivity index is 2.47. The van der Waals surface area contributed by atoms with Crippen LogP contribution < -0.4 is 5.73 Å². The van der Waals surface area contributed by atoms with Gasteiger partial charge in [0.15, 0.2) is 0 Å². The zero-order chi connectivity index (χ0) is 15.8. The first kappa shape index (κ1) is 16.7. The highest BCUT2D eigenvalue weighted by Gasteiger charge is 2.34. The molecule has 0 radical (unpaired) electrons. The minimum atomic E-state index is -3.53. The summed E-state index contributed by atoms with van der Waals surface area (Å²) >= 11 is 6.07. The van der Waals surface area contributed by atoms with E-state index in [2.05, 4.69) is 6.92 Å². The summed E-state index contributed by atoms with van der Waals surface area (Å²) in [6.45, 7) is 6.77. The molecule has 1 aromatic carbocycles. The SMILES string of the molecule is Cc1c(CN)cc(Cl)cc1S(=O)(=O)N1CCC(C)CC1C. The maximum Gasteiger partial charge on any atom is 0.243 e. The molecule has 1 aromatic rings. The van der Waals surface area contributed by atoms with Gasteiger partial charge in [0.1, 0.15) is 0 Å². The number of nitrogens with zero attached hydrogens (tertiary/aromatic N) is 1. The monoisotopic (exact) mass is 330 g/mol. The van der Waals surface area contributed by atoms with Crippen LogP contribution in [0.25, 0.3) is 0 Å². The summed E-state index contributed by atoms with van der Waals surface area (Å²) in [5.41, 5.74) is 7.17. The van der Waals surface area contributed by atoms with Crippen LogP contribution >= 0.6 is 11.6 Å². The van der Waals surface area contributed by atoms with E-state index in [1.165, 1.54) is 6.07 Å². The van der Waals surface area contributed by atoms with Crippen molar-refractivity contribution in [3.05, 3.63) is 28.3 Å². The molecule has 2 rings (SSSR count). The van der Waals surface area contributed by atoms with E-state index in [-0.39, 0.29) is 17.5 Å². The standard InChI is InChI=1S/C15H23ClN2O2S/c1-10-4-5-18(11(2)6-10)21(19,20)15-8-14(16)7-13(9-17)12(15)3/h7-8,10-11H,4-6,9,17H2,1-3H3. The minimum Gasteiger partial charge on any atom is -0.326 e. The number of hydrogen-bond donors (Lipinski definition) is 1. The Morgan fingerprint density at radius 2 is 2.05 bits per heavy atom. The molecular formula is C15H23ClN2O2S. The fourth-order valence-electron chi connectivity index (χ4n) is 3.06. The summed E-state index contributed by atoms with van der Waals surface area (Å²) in [7, 11) is -3.53. The zero-order valence-corrected chi connectivity index (χ0v) is 14.3. The van der Waals surface area contributed by atoms with Crippen molar-refractivity contribution in [2.75, 3.05) is 6.54 Å². The predicted octanol–water partition coefficient (Wildman–Crippen LogP) is 2.92. The number of rotatable bonds is 3. The Kier molecular flexibility index (Phi) is 4.98. The lowest BCUT2D eigenvalue weighted by Crippen LogP contribution is -2.44. The smallest absolute Gasteiger partial charge is 0.243 e. The van der Waals surface area contributed by atoms with Gasteiger partial charge in [-0.25, -0.2) is 8.42 Å². The van der Waals surface area contributed by atoms with Crippen molar-refractivity contribution in [3.8, 4) is 0 Å². The van der Waals surface area contributed by atoms with Gasteiger partial charge in [-0.2, -0.15) is 4.31 Å². The molecule has 1 heterocycles. The van der Waals surface area contributed by atoms with Gasteiger partial charge in [0, 0.05) is 24.2 Å². The molecule has 2 N–H and O–H groups in total. The Morgan fingerprint density at radius 3 is 2.62 bits per heavy atom. The maximum absolute atomic E-state index is 13.0. The van der Waals surface area contributed by atoms with Crippen molar-refractivity contribution < 1.29 is 8.42 Å². The van der Waals surface area contributed by atoms with Crippen LogP contribution in [-0.4, -0.2) is 25.3 Å². The molecule has 0 aromatic heterocycles. The van der Waals surface area contributed by atoms with Gasteiger partial charge in [0.25, 0.3) is 0 Å². The van der Waals surface area contributed by atoms with Crippen LogP contribution in [0, 0.1) is 12.8 Å². The van der Waals surface area contributed by atoms with Gasteiger partial charge in [-0.15, -0.1) is 0 Å². The van der Waals surface area contributed by atoms with Crippen molar-refractivity contribution in [3.63, 3.8) is 0 Å². The third-order valence-corrected chi connectivity index (χ3v) is 6.67. The molecule has 0 bridgehead atoms. The fraction of sp³-hybridized carbons (Fsp3) is 0.600. The summed E-state index contributed by atoms with van der Waals surface area (Å²) in [6, 6.07) is 3.28. The van der Waals surface area contributed by atoms with Gasteiger partial charge in [-0.05, 0) is 55.9 Å². The van der Waals surface area contributed by atoms with Crippen molar-refractivity contribution in [1.82, 2.24) is 4.31 Å². The first-order valence-corrected chi connectivity index (χ1v) is 9.10. The molecule has 0 spiro atoms. The molecule has 2 unspecified atom stereocenters. The minimum absolute atomic E-state index is 0.0125. The lowest BCUT2D eigenvalue weighted by Gasteiger charge is -2.35. The number of halogens is 1. The van der Waals surface area contributed by atoms with Gasteiger partial charge in [-0.1, -0.05) is 18.5 Å². The number of benzene rings is 1. The molecule has 1 saturated heterocycles. The maximum atomic E-state index is 13.0. The van der Waals surface area contributed by atoms with E-state index in [0.717, 1.165) is 18.4 Å². The van der Waals surface area contributed by atoms with E-state index < -0.39 is 10.0 Å². The average Bonchev–Trinajstić information content (AvgIpc) is 2.40. The van der Waals surface area contributed by atoms with E-state index in [0.29, 0.717) is 23.0 Å². The Labute approximate surface area is 132 Å². The van der Waals surface area contributed by atoms with Crippen molar-refractivity contribution in [1.29, 1.82) is 0 Å². The van der Waals surface area contributed by atoms with Gasteiger partial charge in [-0.3, -0.25) is 0 Å². The summed E-state index contributed by atoms with van der Waals surface area (Å²) < 4.78 is 27.5. The second-order valence-corrected chi connectivity index (χ2v) is 8.28. The molecule has 0 aliphatic carbocycles. The Morgan fingerprint density at radius 1 is 1.38 bits per heavy atom. The first-order valence-electron chi connectivity index (χ1n) is 7.28. The van der Waals surface area contributed by atoms with E-state index in [9.17, 15) is 8.42 Å². The second-order valence-electron chi connectivity index (χ2n) is 5.99. The van der Waals surface area contributed by atoms with Crippen LogP contribution in [0.15, 0.2) is 17.0 Å². The molecule has 6 heteroatoms. The third kappa shape index (κ3) is 3.26. The summed E-state index contributed by atoms with van der Waals surface area (Å²) in [6.07, 6.45) is 1.79. The summed E-state index contributed by atoms with van der Waals surface area (Å²) in [5.74, 6) is 0.562. The lowest BCUT2D eigenvalue weighted by atomic mass is 9.95. The van der Waals surface area contributed by atoms with Crippen LogP contribution in [0.5, 0.6) is 0 Å². The molecule has 1 aliphatic heterocycles.